The third-order valence-corrected chi connectivity index (χ3v) is 4.31. The largest absolute Gasteiger partial charge is 0.494 e. The lowest BCUT2D eigenvalue weighted by Gasteiger charge is -2.12. The van der Waals surface area contributed by atoms with Crippen molar-refractivity contribution in [3.05, 3.63) is 89.5 Å². The minimum Gasteiger partial charge on any atom is -0.494 e. The summed E-state index contributed by atoms with van der Waals surface area (Å²) in [5, 5.41) is 4.05. The van der Waals surface area contributed by atoms with Crippen molar-refractivity contribution in [2.45, 2.75) is 20.5 Å². The van der Waals surface area contributed by atoms with Crippen LogP contribution in [-0.2, 0) is 6.61 Å². The van der Waals surface area contributed by atoms with Crippen molar-refractivity contribution in [2.75, 3.05) is 13.2 Å². The van der Waals surface area contributed by atoms with Crippen LogP contribution >= 0.6 is 0 Å². The van der Waals surface area contributed by atoms with Gasteiger partial charge in [0.05, 0.1) is 19.4 Å². The van der Waals surface area contributed by atoms with E-state index < -0.39 is 0 Å². The lowest BCUT2D eigenvalue weighted by molar-refractivity contribution is 0.0955. The van der Waals surface area contributed by atoms with Gasteiger partial charge in [-0.15, -0.1) is 0 Å². The molecule has 3 rings (SSSR count). The second kappa shape index (κ2) is 11.4. The summed E-state index contributed by atoms with van der Waals surface area (Å²) in [7, 11) is 0. The Bertz CT molecular complexity index is 1000. The predicted molar refractivity (Wildman–Crippen MR) is 121 cm³/mol. The zero-order chi connectivity index (χ0) is 21.9. The fraction of sp³-hybridized carbons (Fsp3) is 0.200. The van der Waals surface area contributed by atoms with Crippen LogP contribution in [0.1, 0.15) is 35.3 Å². The van der Waals surface area contributed by atoms with E-state index in [0.29, 0.717) is 36.9 Å². The predicted octanol–water partition coefficient (Wildman–Crippen LogP) is 4.83. The second-order valence-electron chi connectivity index (χ2n) is 6.57. The van der Waals surface area contributed by atoms with Gasteiger partial charge in [-0.2, -0.15) is 5.10 Å². The summed E-state index contributed by atoms with van der Waals surface area (Å²) < 4.78 is 17.0. The lowest BCUT2D eigenvalue weighted by Crippen LogP contribution is -2.17. The van der Waals surface area contributed by atoms with Gasteiger partial charge in [-0.25, -0.2) is 5.43 Å². The van der Waals surface area contributed by atoms with E-state index in [1.165, 1.54) is 0 Å². The van der Waals surface area contributed by atoms with E-state index in [-0.39, 0.29) is 5.91 Å². The first kappa shape index (κ1) is 21.9. The normalized spacial score (nSPS) is 10.6. The van der Waals surface area contributed by atoms with Gasteiger partial charge in [0, 0.05) is 5.56 Å². The molecule has 0 unspecified atom stereocenters. The molecule has 0 atom stereocenters. The topological polar surface area (TPSA) is 69.2 Å². The summed E-state index contributed by atoms with van der Waals surface area (Å²) in [5.74, 6) is 1.70. The fourth-order valence-corrected chi connectivity index (χ4v) is 2.83. The molecule has 0 aliphatic rings. The molecule has 0 aliphatic carbocycles. The third kappa shape index (κ3) is 6.60. The van der Waals surface area contributed by atoms with Crippen LogP contribution in [0.5, 0.6) is 17.2 Å². The van der Waals surface area contributed by atoms with E-state index in [4.69, 9.17) is 14.2 Å². The molecule has 0 spiro atoms. The average molecular weight is 418 g/mol. The van der Waals surface area contributed by atoms with E-state index in [2.05, 4.69) is 10.5 Å². The maximum atomic E-state index is 12.2. The smallest absolute Gasteiger partial charge is 0.271 e. The Labute approximate surface area is 182 Å². The highest BCUT2D eigenvalue weighted by Crippen LogP contribution is 2.29. The Kier molecular flexibility index (Phi) is 8.05. The summed E-state index contributed by atoms with van der Waals surface area (Å²) in [4.78, 5) is 12.2. The van der Waals surface area contributed by atoms with Gasteiger partial charge < -0.3 is 14.2 Å². The van der Waals surface area contributed by atoms with Crippen molar-refractivity contribution in [1.29, 1.82) is 0 Å². The summed E-state index contributed by atoms with van der Waals surface area (Å²) in [5.41, 5.74) is 4.89. The number of hydrazone groups is 1. The molecule has 0 saturated heterocycles. The molecule has 31 heavy (non-hydrogen) atoms. The maximum absolute atomic E-state index is 12.2. The van der Waals surface area contributed by atoms with Crippen LogP contribution in [0, 0.1) is 0 Å². The van der Waals surface area contributed by atoms with Gasteiger partial charge in [0.25, 0.3) is 5.91 Å². The number of hydrogen-bond donors (Lipinski definition) is 1. The Morgan fingerprint density at radius 3 is 2.32 bits per heavy atom. The molecule has 6 heteroatoms. The number of carbonyl (C=O) groups is 1. The van der Waals surface area contributed by atoms with Crippen molar-refractivity contribution in [2.24, 2.45) is 5.10 Å². The minimum atomic E-state index is -0.299. The van der Waals surface area contributed by atoms with Gasteiger partial charge >= 0.3 is 0 Å². The van der Waals surface area contributed by atoms with Crippen LogP contribution in [-0.4, -0.2) is 25.3 Å². The maximum Gasteiger partial charge on any atom is 0.271 e. The first-order chi connectivity index (χ1) is 15.2. The summed E-state index contributed by atoms with van der Waals surface area (Å²) >= 11 is 0. The molecule has 1 N–H and O–H groups in total. The number of carbonyl (C=O) groups excluding carboxylic acids is 1. The molecule has 3 aromatic rings. The van der Waals surface area contributed by atoms with Crippen LogP contribution in [0.4, 0.5) is 0 Å². The first-order valence-corrected chi connectivity index (χ1v) is 10.2. The fourth-order valence-electron chi connectivity index (χ4n) is 2.83. The molecular weight excluding hydrogens is 392 g/mol. The van der Waals surface area contributed by atoms with Gasteiger partial charge in [-0.05, 0) is 67.4 Å². The SMILES string of the molecule is CCOc1ccc(C(=O)N/N=C/c2ccc(OCc3ccccc3)c(OCC)c2)cc1. The number of nitrogens with zero attached hydrogens (tertiary/aromatic N) is 1. The van der Waals surface area contributed by atoms with Crippen molar-refractivity contribution >= 4 is 12.1 Å². The Balaban J connectivity index is 1.61. The third-order valence-electron chi connectivity index (χ3n) is 4.31. The zero-order valence-corrected chi connectivity index (χ0v) is 17.7. The van der Waals surface area contributed by atoms with Crippen LogP contribution < -0.4 is 19.6 Å². The van der Waals surface area contributed by atoms with E-state index in [0.717, 1.165) is 16.9 Å². The molecule has 0 saturated carbocycles. The molecule has 0 radical (unpaired) electrons. The summed E-state index contributed by atoms with van der Waals surface area (Å²) in [6.45, 7) is 5.37. The Morgan fingerprint density at radius 1 is 0.871 bits per heavy atom. The molecule has 6 nitrogen and oxygen atoms in total. The molecule has 0 fully saturated rings. The van der Waals surface area contributed by atoms with Crippen molar-refractivity contribution in [1.82, 2.24) is 5.43 Å². The van der Waals surface area contributed by atoms with Gasteiger partial charge in [0.1, 0.15) is 12.4 Å². The monoisotopic (exact) mass is 418 g/mol. The number of ether oxygens (including phenoxy) is 3. The molecule has 0 aliphatic heterocycles. The number of nitrogens with one attached hydrogen (secondary N) is 1. The Morgan fingerprint density at radius 2 is 1.61 bits per heavy atom. The van der Waals surface area contributed by atoms with Gasteiger partial charge in [0.15, 0.2) is 11.5 Å². The number of amides is 1. The highest BCUT2D eigenvalue weighted by atomic mass is 16.5. The molecule has 160 valence electrons. The van der Waals surface area contributed by atoms with Crippen LogP contribution in [0.3, 0.4) is 0 Å². The highest BCUT2D eigenvalue weighted by molar-refractivity contribution is 5.95. The quantitative estimate of drug-likeness (QED) is 0.378. The van der Waals surface area contributed by atoms with Crippen LogP contribution in [0.15, 0.2) is 77.9 Å². The molecule has 0 aromatic heterocycles. The molecule has 0 heterocycles. The first-order valence-electron chi connectivity index (χ1n) is 10.2. The Hall–Kier alpha value is -3.80. The lowest BCUT2D eigenvalue weighted by atomic mass is 10.2. The summed E-state index contributed by atoms with van der Waals surface area (Å²) in [6.07, 6.45) is 1.57. The molecule has 0 bridgehead atoms. The number of benzene rings is 3. The standard InChI is InChI=1S/C25H26N2O4/c1-3-29-22-13-11-21(12-14-22)25(28)27-26-17-20-10-15-23(24(16-20)30-4-2)31-18-19-8-6-5-7-9-19/h5-17H,3-4,18H2,1-2H3,(H,27,28)/b26-17+. The van der Waals surface area contributed by atoms with Gasteiger partial charge in [-0.1, -0.05) is 30.3 Å². The van der Waals surface area contributed by atoms with E-state index in [1.54, 1.807) is 30.5 Å². The number of hydrogen-bond acceptors (Lipinski definition) is 5. The number of rotatable bonds is 10. The van der Waals surface area contributed by atoms with E-state index in [1.807, 2.05) is 62.4 Å². The molecular formula is C25H26N2O4. The zero-order valence-electron chi connectivity index (χ0n) is 17.7. The van der Waals surface area contributed by atoms with Crippen LogP contribution in [0.2, 0.25) is 0 Å². The molecule has 3 aromatic carbocycles. The van der Waals surface area contributed by atoms with Gasteiger partial charge in [-0.3, -0.25) is 4.79 Å². The van der Waals surface area contributed by atoms with Gasteiger partial charge in [0.2, 0.25) is 0 Å². The van der Waals surface area contributed by atoms with E-state index in [9.17, 15) is 4.79 Å². The highest BCUT2D eigenvalue weighted by Gasteiger charge is 2.07. The second-order valence-corrected chi connectivity index (χ2v) is 6.57. The van der Waals surface area contributed by atoms with Crippen LogP contribution in [0.25, 0.3) is 0 Å². The minimum absolute atomic E-state index is 0.299. The van der Waals surface area contributed by atoms with Crippen molar-refractivity contribution in [3.8, 4) is 17.2 Å². The van der Waals surface area contributed by atoms with Crippen molar-refractivity contribution in [3.63, 3.8) is 0 Å². The van der Waals surface area contributed by atoms with E-state index >= 15 is 0 Å². The molecule has 1 amide bonds. The summed E-state index contributed by atoms with van der Waals surface area (Å²) in [6, 6.07) is 22.4. The van der Waals surface area contributed by atoms with Crippen molar-refractivity contribution < 1.29 is 19.0 Å². The average Bonchev–Trinajstić information content (AvgIpc) is 2.80.